The van der Waals surface area contributed by atoms with Gasteiger partial charge in [0.2, 0.25) is 0 Å². The van der Waals surface area contributed by atoms with Crippen molar-refractivity contribution in [1.82, 2.24) is 5.32 Å². The Balaban J connectivity index is 1.94. The van der Waals surface area contributed by atoms with E-state index in [1.807, 2.05) is 18.2 Å². The number of para-hydroxylation sites is 1. The number of fused-ring (bicyclic) bond motifs is 1. The van der Waals surface area contributed by atoms with Crippen molar-refractivity contribution in [1.29, 1.82) is 0 Å². The van der Waals surface area contributed by atoms with Crippen molar-refractivity contribution in [3.63, 3.8) is 0 Å². The lowest BCUT2D eigenvalue weighted by Gasteiger charge is -2.11. The number of amides is 1. The lowest BCUT2D eigenvalue weighted by atomic mass is 10.1. The molecule has 0 saturated heterocycles. The fraction of sp³-hybridized carbons (Fsp3) is 0.286. The molecule has 1 heterocycles. The molecule has 5 nitrogen and oxygen atoms in total. The van der Waals surface area contributed by atoms with Crippen molar-refractivity contribution >= 4 is 22.8 Å². The lowest BCUT2D eigenvalue weighted by Crippen LogP contribution is -2.43. The van der Waals surface area contributed by atoms with Crippen LogP contribution in [0.15, 0.2) is 28.7 Å². The van der Waals surface area contributed by atoms with E-state index >= 15 is 0 Å². The summed E-state index contributed by atoms with van der Waals surface area (Å²) in [7, 11) is 0. The molecule has 98 valence electrons. The van der Waals surface area contributed by atoms with E-state index in [0.29, 0.717) is 18.4 Å². The van der Waals surface area contributed by atoms with Crippen LogP contribution in [0.2, 0.25) is 0 Å². The van der Waals surface area contributed by atoms with Crippen molar-refractivity contribution in [3.8, 4) is 0 Å². The van der Waals surface area contributed by atoms with Crippen LogP contribution in [0.3, 0.4) is 0 Å². The Morgan fingerprint density at radius 3 is 2.58 bits per heavy atom. The maximum Gasteiger partial charge on any atom is 0.329 e. The highest BCUT2D eigenvalue weighted by Gasteiger charge is 2.52. The Labute approximate surface area is 109 Å². The number of carboxylic acids is 1. The summed E-state index contributed by atoms with van der Waals surface area (Å²) in [6.45, 7) is 1.79. The molecule has 1 aromatic heterocycles. The summed E-state index contributed by atoms with van der Waals surface area (Å²) in [5.41, 5.74) is 0.266. The third-order valence-corrected chi connectivity index (χ3v) is 3.56. The second-order valence-electron chi connectivity index (χ2n) is 4.89. The van der Waals surface area contributed by atoms with Gasteiger partial charge in [-0.25, -0.2) is 4.79 Å². The fourth-order valence-corrected chi connectivity index (χ4v) is 2.18. The first-order valence-electron chi connectivity index (χ1n) is 6.07. The fourth-order valence-electron chi connectivity index (χ4n) is 2.18. The Bertz CT molecular complexity index is 682. The Morgan fingerprint density at radius 2 is 2.00 bits per heavy atom. The number of nitrogens with one attached hydrogen (secondary N) is 1. The Hall–Kier alpha value is -2.30. The number of aliphatic carboxylic acids is 1. The SMILES string of the molecule is Cc1c(C(=O)NC2(C(=O)O)CC2)oc2ccccc12. The quantitative estimate of drug-likeness (QED) is 0.884. The highest BCUT2D eigenvalue weighted by atomic mass is 16.4. The van der Waals surface area contributed by atoms with Gasteiger partial charge in [-0.2, -0.15) is 0 Å². The van der Waals surface area contributed by atoms with Gasteiger partial charge in [0.1, 0.15) is 11.1 Å². The second kappa shape index (κ2) is 3.85. The summed E-state index contributed by atoms with van der Waals surface area (Å²) >= 11 is 0. The molecule has 2 N–H and O–H groups in total. The minimum Gasteiger partial charge on any atom is -0.480 e. The van der Waals surface area contributed by atoms with Crippen LogP contribution in [-0.4, -0.2) is 22.5 Å². The van der Waals surface area contributed by atoms with E-state index in [1.165, 1.54) is 0 Å². The molecule has 1 fully saturated rings. The van der Waals surface area contributed by atoms with E-state index in [2.05, 4.69) is 5.32 Å². The topological polar surface area (TPSA) is 79.5 Å². The summed E-state index contributed by atoms with van der Waals surface area (Å²) in [6, 6.07) is 7.34. The van der Waals surface area contributed by atoms with Crippen molar-refractivity contribution < 1.29 is 19.1 Å². The molecule has 0 spiro atoms. The summed E-state index contributed by atoms with van der Waals surface area (Å²) < 4.78 is 5.51. The number of hydrogen-bond acceptors (Lipinski definition) is 3. The normalized spacial score (nSPS) is 16.3. The molecular formula is C14H13NO4. The summed E-state index contributed by atoms with van der Waals surface area (Å²) in [6.07, 6.45) is 0.931. The molecule has 0 unspecified atom stereocenters. The van der Waals surface area contributed by atoms with Gasteiger partial charge in [0.15, 0.2) is 5.76 Å². The molecule has 19 heavy (non-hydrogen) atoms. The summed E-state index contributed by atoms with van der Waals surface area (Å²) in [5, 5.41) is 12.5. The molecule has 0 atom stereocenters. The molecule has 1 aromatic carbocycles. The van der Waals surface area contributed by atoms with Crippen molar-refractivity contribution in [2.24, 2.45) is 0 Å². The predicted octanol–water partition coefficient (Wildman–Crippen LogP) is 2.09. The molecule has 1 amide bonds. The molecule has 2 aromatic rings. The molecular weight excluding hydrogens is 246 g/mol. The van der Waals surface area contributed by atoms with Gasteiger partial charge >= 0.3 is 5.97 Å². The van der Waals surface area contributed by atoms with Crippen molar-refractivity contribution in [2.45, 2.75) is 25.3 Å². The minimum atomic E-state index is -1.09. The number of furan rings is 1. The number of carboxylic acid groups (broad SMARTS) is 1. The highest BCUT2D eigenvalue weighted by molar-refractivity contribution is 6.01. The van der Waals surface area contributed by atoms with E-state index in [-0.39, 0.29) is 5.76 Å². The number of carbonyl (C=O) groups is 2. The van der Waals surface area contributed by atoms with Gasteiger partial charge in [-0.05, 0) is 25.8 Å². The largest absolute Gasteiger partial charge is 0.480 e. The Morgan fingerprint density at radius 1 is 1.32 bits per heavy atom. The average Bonchev–Trinajstić information content (AvgIpc) is 3.09. The Kier molecular flexibility index (Phi) is 2.38. The third kappa shape index (κ3) is 1.78. The van der Waals surface area contributed by atoms with Crippen LogP contribution < -0.4 is 5.32 Å². The van der Waals surface area contributed by atoms with Gasteiger partial charge < -0.3 is 14.8 Å². The first-order chi connectivity index (χ1) is 9.03. The second-order valence-corrected chi connectivity index (χ2v) is 4.89. The average molecular weight is 259 g/mol. The number of aryl methyl sites for hydroxylation is 1. The van der Waals surface area contributed by atoms with Crippen molar-refractivity contribution in [3.05, 3.63) is 35.6 Å². The first kappa shape index (κ1) is 11.8. The van der Waals surface area contributed by atoms with Crippen LogP contribution >= 0.6 is 0 Å². The van der Waals surface area contributed by atoms with Gasteiger partial charge in [0.05, 0.1) is 0 Å². The van der Waals surface area contributed by atoms with E-state index in [4.69, 9.17) is 9.52 Å². The van der Waals surface area contributed by atoms with Gasteiger partial charge in [0.25, 0.3) is 5.91 Å². The zero-order valence-electron chi connectivity index (χ0n) is 10.4. The number of hydrogen-bond donors (Lipinski definition) is 2. The molecule has 1 saturated carbocycles. The van der Waals surface area contributed by atoms with Crippen LogP contribution in [-0.2, 0) is 4.79 Å². The minimum absolute atomic E-state index is 0.189. The molecule has 0 radical (unpaired) electrons. The molecule has 0 bridgehead atoms. The van der Waals surface area contributed by atoms with Crippen LogP contribution in [0.25, 0.3) is 11.0 Å². The van der Waals surface area contributed by atoms with Gasteiger partial charge in [-0.15, -0.1) is 0 Å². The van der Waals surface area contributed by atoms with Crippen molar-refractivity contribution in [2.75, 3.05) is 0 Å². The van der Waals surface area contributed by atoms with E-state index in [9.17, 15) is 9.59 Å². The van der Waals surface area contributed by atoms with Crippen LogP contribution in [0.1, 0.15) is 29.0 Å². The predicted molar refractivity (Wildman–Crippen MR) is 68.0 cm³/mol. The number of carbonyl (C=O) groups excluding carboxylic acids is 1. The molecule has 1 aliphatic rings. The highest BCUT2D eigenvalue weighted by Crippen LogP contribution is 2.36. The van der Waals surface area contributed by atoms with E-state index in [1.54, 1.807) is 13.0 Å². The monoisotopic (exact) mass is 259 g/mol. The molecule has 5 heteroatoms. The van der Waals surface area contributed by atoms with Gasteiger partial charge in [-0.1, -0.05) is 18.2 Å². The lowest BCUT2D eigenvalue weighted by molar-refractivity contribution is -0.140. The van der Waals surface area contributed by atoms with Crippen LogP contribution in [0.5, 0.6) is 0 Å². The molecule has 1 aliphatic carbocycles. The van der Waals surface area contributed by atoms with E-state index in [0.717, 1.165) is 10.9 Å². The zero-order chi connectivity index (χ0) is 13.6. The third-order valence-electron chi connectivity index (χ3n) is 3.56. The summed E-state index contributed by atoms with van der Waals surface area (Å²) in [4.78, 5) is 23.2. The number of rotatable bonds is 3. The van der Waals surface area contributed by atoms with E-state index < -0.39 is 17.4 Å². The standard InChI is InChI=1S/C14H13NO4/c1-8-9-4-2-3-5-10(9)19-11(8)12(16)15-14(6-7-14)13(17)18/h2-5H,6-7H2,1H3,(H,15,16)(H,17,18). The van der Waals surface area contributed by atoms with Crippen LogP contribution in [0.4, 0.5) is 0 Å². The molecule has 0 aliphatic heterocycles. The van der Waals surface area contributed by atoms with Gasteiger partial charge in [-0.3, -0.25) is 4.79 Å². The zero-order valence-corrected chi connectivity index (χ0v) is 10.4. The maximum atomic E-state index is 12.1. The van der Waals surface area contributed by atoms with Gasteiger partial charge in [0, 0.05) is 10.9 Å². The molecule has 3 rings (SSSR count). The first-order valence-corrected chi connectivity index (χ1v) is 6.07. The van der Waals surface area contributed by atoms with Crippen LogP contribution in [0, 0.1) is 6.92 Å². The smallest absolute Gasteiger partial charge is 0.329 e. The number of benzene rings is 1. The summed E-state index contributed by atoms with van der Waals surface area (Å²) in [5.74, 6) is -1.27. The maximum absolute atomic E-state index is 12.1.